The van der Waals surface area contributed by atoms with Crippen molar-refractivity contribution in [2.24, 2.45) is 0 Å². The predicted molar refractivity (Wildman–Crippen MR) is 127 cm³/mol. The number of carbonyl (C=O) groups excluding carboxylic acids is 1. The number of carbonyl (C=O) groups is 1. The summed E-state index contributed by atoms with van der Waals surface area (Å²) < 4.78 is 15.7. The molecule has 0 saturated heterocycles. The van der Waals surface area contributed by atoms with Crippen LogP contribution in [0.4, 0.5) is 10.1 Å². The van der Waals surface area contributed by atoms with E-state index in [9.17, 15) is 9.18 Å². The van der Waals surface area contributed by atoms with E-state index in [1.807, 2.05) is 59.2 Å². The van der Waals surface area contributed by atoms with Crippen molar-refractivity contribution in [3.8, 4) is 17.1 Å². The lowest BCUT2D eigenvalue weighted by Crippen LogP contribution is -2.12. The van der Waals surface area contributed by atoms with E-state index in [4.69, 9.17) is 11.6 Å². The van der Waals surface area contributed by atoms with Crippen molar-refractivity contribution < 1.29 is 9.18 Å². The average Bonchev–Trinajstić information content (AvgIpc) is 3.23. The van der Waals surface area contributed by atoms with Gasteiger partial charge in [-0.2, -0.15) is 0 Å². The van der Waals surface area contributed by atoms with E-state index in [1.54, 1.807) is 18.2 Å². The maximum atomic E-state index is 13.7. The molecule has 1 N–H and O–H groups in total. The highest BCUT2D eigenvalue weighted by Crippen LogP contribution is 2.29. The minimum Gasteiger partial charge on any atom is -0.324 e. The summed E-state index contributed by atoms with van der Waals surface area (Å²) in [6.45, 7) is 0. The summed E-state index contributed by atoms with van der Waals surface area (Å²) in [5.41, 5.74) is 2.05. The van der Waals surface area contributed by atoms with Crippen molar-refractivity contribution in [1.29, 1.82) is 0 Å². The molecule has 4 aromatic rings. The molecule has 0 atom stereocenters. The van der Waals surface area contributed by atoms with Crippen LogP contribution in [0.15, 0.2) is 84.0 Å². The van der Waals surface area contributed by atoms with Crippen LogP contribution in [0.5, 0.6) is 0 Å². The van der Waals surface area contributed by atoms with Crippen LogP contribution in [-0.2, 0) is 4.79 Å². The number of anilines is 1. The molecule has 3 aromatic carbocycles. The molecule has 1 aromatic heterocycles. The lowest BCUT2D eigenvalue weighted by Gasteiger charge is -2.10. The molecule has 1 amide bonds. The molecule has 0 aliphatic rings. The molecule has 0 bridgehead atoms. The Morgan fingerprint density at radius 2 is 1.69 bits per heavy atom. The number of para-hydroxylation sites is 2. The summed E-state index contributed by atoms with van der Waals surface area (Å²) in [5.74, 6) is 0.715. The van der Waals surface area contributed by atoms with Crippen LogP contribution in [0.1, 0.15) is 12.8 Å². The van der Waals surface area contributed by atoms with Gasteiger partial charge in [-0.05, 0) is 55.0 Å². The zero-order valence-electron chi connectivity index (χ0n) is 17.0. The molecule has 0 aliphatic heterocycles. The first-order chi connectivity index (χ1) is 15.6. The lowest BCUT2D eigenvalue weighted by atomic mass is 10.2. The van der Waals surface area contributed by atoms with Gasteiger partial charge in [0, 0.05) is 28.4 Å². The van der Waals surface area contributed by atoms with E-state index in [-0.39, 0.29) is 18.0 Å². The molecule has 32 heavy (non-hydrogen) atoms. The molecule has 0 radical (unpaired) electrons. The molecule has 1 heterocycles. The van der Waals surface area contributed by atoms with Crippen LogP contribution in [0.2, 0.25) is 5.02 Å². The highest BCUT2D eigenvalue weighted by atomic mass is 35.5. The van der Waals surface area contributed by atoms with Crippen molar-refractivity contribution in [3.05, 3.63) is 89.7 Å². The van der Waals surface area contributed by atoms with E-state index < -0.39 is 5.82 Å². The molecule has 5 nitrogen and oxygen atoms in total. The van der Waals surface area contributed by atoms with Crippen LogP contribution in [0, 0.1) is 5.82 Å². The quantitative estimate of drug-likeness (QED) is 0.247. The maximum absolute atomic E-state index is 13.7. The van der Waals surface area contributed by atoms with Gasteiger partial charge < -0.3 is 5.32 Å². The molecule has 0 aliphatic carbocycles. The van der Waals surface area contributed by atoms with Gasteiger partial charge >= 0.3 is 0 Å². The molecular formula is C24H20ClFN4OS. The Kier molecular flexibility index (Phi) is 7.19. The van der Waals surface area contributed by atoms with Gasteiger partial charge in [-0.1, -0.05) is 53.7 Å². The Bertz CT molecular complexity index is 1200. The third-order valence-electron chi connectivity index (χ3n) is 4.68. The summed E-state index contributed by atoms with van der Waals surface area (Å²) >= 11 is 7.55. The summed E-state index contributed by atoms with van der Waals surface area (Å²) in [5, 5.41) is 12.8. The van der Waals surface area contributed by atoms with Gasteiger partial charge in [-0.3, -0.25) is 9.36 Å². The molecule has 8 heteroatoms. The van der Waals surface area contributed by atoms with Crippen molar-refractivity contribution >= 4 is 35.0 Å². The first kappa shape index (κ1) is 22.0. The van der Waals surface area contributed by atoms with Crippen LogP contribution in [-0.4, -0.2) is 26.4 Å². The fourth-order valence-corrected chi connectivity index (χ4v) is 4.15. The zero-order chi connectivity index (χ0) is 22.3. The van der Waals surface area contributed by atoms with Crippen LogP contribution in [0.3, 0.4) is 0 Å². The van der Waals surface area contributed by atoms with E-state index in [0.717, 1.165) is 16.4 Å². The monoisotopic (exact) mass is 466 g/mol. The molecule has 0 spiro atoms. The number of amides is 1. The number of halogens is 2. The second-order valence-corrected chi connectivity index (χ2v) is 8.46. The molecule has 0 fully saturated rings. The second-order valence-electron chi connectivity index (χ2n) is 6.96. The zero-order valence-corrected chi connectivity index (χ0v) is 18.6. The van der Waals surface area contributed by atoms with Crippen molar-refractivity contribution in [1.82, 2.24) is 14.8 Å². The van der Waals surface area contributed by atoms with Crippen molar-refractivity contribution in [2.75, 3.05) is 11.1 Å². The molecular weight excluding hydrogens is 447 g/mol. The molecule has 0 saturated carbocycles. The largest absolute Gasteiger partial charge is 0.324 e. The van der Waals surface area contributed by atoms with Crippen molar-refractivity contribution in [3.63, 3.8) is 0 Å². The van der Waals surface area contributed by atoms with Gasteiger partial charge in [0.1, 0.15) is 5.82 Å². The second kappa shape index (κ2) is 10.4. The number of nitrogens with one attached hydrogen (secondary N) is 1. The topological polar surface area (TPSA) is 59.8 Å². The van der Waals surface area contributed by atoms with Gasteiger partial charge in [-0.15, -0.1) is 10.2 Å². The van der Waals surface area contributed by atoms with E-state index >= 15 is 0 Å². The minimum atomic E-state index is -0.444. The molecule has 162 valence electrons. The summed E-state index contributed by atoms with van der Waals surface area (Å²) in [6, 6.07) is 23.5. The number of nitrogens with zero attached hydrogens (tertiary/aromatic N) is 3. The van der Waals surface area contributed by atoms with Gasteiger partial charge in [0.25, 0.3) is 0 Å². The number of hydrogen-bond donors (Lipinski definition) is 1. The van der Waals surface area contributed by atoms with E-state index in [0.29, 0.717) is 23.0 Å². The average molecular weight is 467 g/mol. The maximum Gasteiger partial charge on any atom is 0.224 e. The fourth-order valence-electron chi connectivity index (χ4n) is 3.13. The predicted octanol–water partition coefficient (Wildman–Crippen LogP) is 6.24. The van der Waals surface area contributed by atoms with Gasteiger partial charge in [0.15, 0.2) is 11.0 Å². The number of hydrogen-bond acceptors (Lipinski definition) is 4. The van der Waals surface area contributed by atoms with Crippen molar-refractivity contribution in [2.45, 2.75) is 18.0 Å². The van der Waals surface area contributed by atoms with Crippen LogP contribution in [0.25, 0.3) is 17.1 Å². The fraction of sp³-hybridized carbons (Fsp3) is 0.125. The normalized spacial score (nSPS) is 10.8. The van der Waals surface area contributed by atoms with Gasteiger partial charge in [0.05, 0.1) is 5.69 Å². The van der Waals surface area contributed by atoms with Crippen LogP contribution < -0.4 is 5.32 Å². The number of thioether (sulfide) groups is 1. The number of rotatable bonds is 8. The standard InChI is InChI=1S/C24H20ClFN4OS/c25-18-14-12-17(13-15-18)23-28-29-24(30(23)19-7-2-1-3-8-19)32-16-6-11-22(31)27-21-10-5-4-9-20(21)26/h1-5,7-10,12-15H,6,11,16H2,(H,27,31). The highest BCUT2D eigenvalue weighted by molar-refractivity contribution is 7.99. The molecule has 0 unspecified atom stereocenters. The highest BCUT2D eigenvalue weighted by Gasteiger charge is 2.16. The first-order valence-electron chi connectivity index (χ1n) is 10.1. The summed E-state index contributed by atoms with van der Waals surface area (Å²) in [4.78, 5) is 12.2. The van der Waals surface area contributed by atoms with Crippen LogP contribution >= 0.6 is 23.4 Å². The summed E-state index contributed by atoms with van der Waals surface area (Å²) in [7, 11) is 0. The minimum absolute atomic E-state index is 0.196. The summed E-state index contributed by atoms with van der Waals surface area (Å²) in [6.07, 6.45) is 0.897. The Balaban J connectivity index is 1.44. The number of benzene rings is 3. The third-order valence-corrected chi connectivity index (χ3v) is 5.94. The Labute approximate surface area is 194 Å². The Morgan fingerprint density at radius 3 is 2.44 bits per heavy atom. The van der Waals surface area contributed by atoms with E-state index in [1.165, 1.54) is 17.8 Å². The first-order valence-corrected chi connectivity index (χ1v) is 11.4. The number of aromatic nitrogens is 3. The smallest absolute Gasteiger partial charge is 0.224 e. The SMILES string of the molecule is O=C(CCCSc1nnc(-c2ccc(Cl)cc2)n1-c1ccccc1)Nc1ccccc1F. The van der Waals surface area contributed by atoms with Gasteiger partial charge in [-0.25, -0.2) is 4.39 Å². The van der Waals surface area contributed by atoms with Gasteiger partial charge in [0.2, 0.25) is 5.91 Å². The lowest BCUT2D eigenvalue weighted by molar-refractivity contribution is -0.116. The third kappa shape index (κ3) is 5.36. The van der Waals surface area contributed by atoms with E-state index in [2.05, 4.69) is 15.5 Å². The Hall–Kier alpha value is -3.16. The Morgan fingerprint density at radius 1 is 0.969 bits per heavy atom. The molecule has 4 rings (SSSR count).